The average Bonchev–Trinajstić information content (AvgIpc) is 3.49. The minimum atomic E-state index is -2.32. The zero-order chi connectivity index (χ0) is 27.9. The van der Waals surface area contributed by atoms with Gasteiger partial charge in [-0.3, -0.25) is 9.36 Å². The minimum Gasteiger partial charge on any atom is -0.542 e. The lowest BCUT2D eigenvalue weighted by atomic mass is 10.1. The number of imidazole rings is 1. The van der Waals surface area contributed by atoms with Crippen LogP contribution in [-0.4, -0.2) is 22.9 Å². The van der Waals surface area contributed by atoms with Crippen LogP contribution in [0.1, 0.15) is 32.2 Å². The Labute approximate surface area is 230 Å². The molecule has 0 saturated heterocycles. The number of halogens is 2. The molecule has 0 spiro atoms. The van der Waals surface area contributed by atoms with Crippen molar-refractivity contribution in [2.75, 3.05) is 0 Å². The van der Waals surface area contributed by atoms with Crippen molar-refractivity contribution in [3.8, 4) is 22.8 Å². The number of nitrogens with one attached hydrogen (secondary N) is 1. The van der Waals surface area contributed by atoms with Gasteiger partial charge in [-0.15, -0.1) is 0 Å². The van der Waals surface area contributed by atoms with E-state index in [2.05, 4.69) is 43.8 Å². The van der Waals surface area contributed by atoms with Crippen molar-refractivity contribution in [2.24, 2.45) is 0 Å². The molecule has 0 fully saturated rings. The molecule has 2 aliphatic heterocycles. The van der Waals surface area contributed by atoms with Crippen LogP contribution in [0.3, 0.4) is 0 Å². The Morgan fingerprint density at radius 2 is 1.85 bits per heavy atom. The second kappa shape index (κ2) is 10.2. The van der Waals surface area contributed by atoms with Crippen LogP contribution < -0.4 is 9.99 Å². The number of hydrogen-bond donors (Lipinski definition) is 1. The average molecular weight is 566 g/mol. The molecule has 0 unspecified atom stereocenters. The van der Waals surface area contributed by atoms with Crippen molar-refractivity contribution in [1.82, 2.24) is 14.5 Å². The normalized spacial score (nSPS) is 12.3. The number of benzene rings is 2. The molecule has 0 saturated carbocycles. The summed E-state index contributed by atoms with van der Waals surface area (Å²) in [6.45, 7) is 10.4. The quantitative estimate of drug-likeness (QED) is 0.205. The molecule has 6 nitrogen and oxygen atoms in total. The summed E-state index contributed by atoms with van der Waals surface area (Å²) in [4.78, 5) is 21.5. The van der Waals surface area contributed by atoms with E-state index >= 15 is 4.39 Å². The van der Waals surface area contributed by atoms with Crippen molar-refractivity contribution in [1.29, 1.82) is 0 Å². The van der Waals surface area contributed by atoms with Gasteiger partial charge in [0.2, 0.25) is 0 Å². The highest BCUT2D eigenvalue weighted by Gasteiger charge is 2.39. The summed E-state index contributed by atoms with van der Waals surface area (Å²) in [5.41, 5.74) is 0.463. The SMILES string of the molecule is CC(C)(C)[Si](C)(C)Oc1cccc(-c2cn3c(=O)c(Cc4ccco4)nc-3c(Sc3ccccc3F)[nH]2)c1F. The summed E-state index contributed by atoms with van der Waals surface area (Å²) >= 11 is 1.08. The molecule has 1 aromatic heterocycles. The molecule has 0 amide bonds. The second-order valence-corrected chi connectivity index (χ2v) is 16.6. The maximum absolute atomic E-state index is 16.0. The summed E-state index contributed by atoms with van der Waals surface area (Å²) < 4.78 is 43.6. The first-order chi connectivity index (χ1) is 18.4. The number of aromatic nitrogens is 3. The highest BCUT2D eigenvalue weighted by molar-refractivity contribution is 7.99. The van der Waals surface area contributed by atoms with E-state index in [4.69, 9.17) is 8.84 Å². The number of fused-ring (bicyclic) bond motifs is 1. The minimum absolute atomic E-state index is 0.122. The second-order valence-electron chi connectivity index (χ2n) is 10.8. The third kappa shape index (κ3) is 5.31. The van der Waals surface area contributed by atoms with Gasteiger partial charge in [-0.1, -0.05) is 50.7 Å². The van der Waals surface area contributed by atoms with E-state index < -0.39 is 20.0 Å². The molecule has 3 aromatic rings. The Hall–Kier alpha value is -3.63. The topological polar surface area (TPSA) is 73.1 Å². The molecule has 0 aliphatic carbocycles. The molecule has 2 aromatic carbocycles. The van der Waals surface area contributed by atoms with Crippen molar-refractivity contribution >= 4 is 20.1 Å². The Bertz CT molecular complexity index is 1660. The third-order valence-electron chi connectivity index (χ3n) is 7.04. The number of hydrogen-bond acceptors (Lipinski definition) is 5. The molecular weight excluding hydrogens is 536 g/mol. The van der Waals surface area contributed by atoms with Crippen LogP contribution in [0.25, 0.3) is 17.1 Å². The van der Waals surface area contributed by atoms with Crippen molar-refractivity contribution in [3.05, 3.63) is 100 Å². The zero-order valence-corrected chi connectivity index (χ0v) is 24.2. The Balaban J connectivity index is 1.65. The van der Waals surface area contributed by atoms with E-state index in [9.17, 15) is 9.18 Å². The third-order valence-corrected chi connectivity index (χ3v) is 12.4. The Morgan fingerprint density at radius 3 is 2.54 bits per heavy atom. The first-order valence-corrected chi connectivity index (χ1v) is 16.2. The first-order valence-electron chi connectivity index (χ1n) is 12.5. The predicted octanol–water partition coefficient (Wildman–Crippen LogP) is 7.66. The maximum atomic E-state index is 16.0. The predicted molar refractivity (Wildman–Crippen MR) is 151 cm³/mol. The lowest BCUT2D eigenvalue weighted by Crippen LogP contribution is -2.44. The molecule has 0 radical (unpaired) electrons. The molecular formula is C29H29F2N3O3SSi. The van der Waals surface area contributed by atoms with Crippen molar-refractivity contribution in [2.45, 2.75) is 55.2 Å². The molecule has 39 heavy (non-hydrogen) atoms. The van der Waals surface area contributed by atoms with Crippen LogP contribution in [0.4, 0.5) is 8.78 Å². The zero-order valence-electron chi connectivity index (χ0n) is 22.3. The van der Waals surface area contributed by atoms with E-state index in [0.29, 0.717) is 27.2 Å². The molecule has 3 heterocycles. The van der Waals surface area contributed by atoms with Crippen LogP contribution in [-0.2, 0) is 6.42 Å². The van der Waals surface area contributed by atoms with Gasteiger partial charge in [-0.2, -0.15) is 0 Å². The van der Waals surface area contributed by atoms with Crippen LogP contribution in [0.5, 0.6) is 5.75 Å². The summed E-state index contributed by atoms with van der Waals surface area (Å²) in [7, 11) is -2.32. The maximum Gasteiger partial charge on any atom is 0.278 e. The lowest BCUT2D eigenvalue weighted by molar-refractivity contribution is 0.458. The van der Waals surface area contributed by atoms with Gasteiger partial charge >= 0.3 is 0 Å². The fraction of sp³-hybridized carbons (Fsp3) is 0.241. The highest BCUT2D eigenvalue weighted by atomic mass is 32.2. The largest absolute Gasteiger partial charge is 0.542 e. The fourth-order valence-electron chi connectivity index (χ4n) is 3.85. The van der Waals surface area contributed by atoms with Gasteiger partial charge in [0.25, 0.3) is 13.9 Å². The fourth-order valence-corrected chi connectivity index (χ4v) is 5.79. The van der Waals surface area contributed by atoms with E-state index in [0.717, 1.165) is 11.8 Å². The molecule has 1 N–H and O–H groups in total. The van der Waals surface area contributed by atoms with Crippen molar-refractivity contribution in [3.63, 3.8) is 0 Å². The Kier molecular flexibility index (Phi) is 7.02. The lowest BCUT2D eigenvalue weighted by Gasteiger charge is -2.36. The van der Waals surface area contributed by atoms with Gasteiger partial charge in [-0.25, -0.2) is 13.8 Å². The van der Waals surface area contributed by atoms with Crippen LogP contribution in [0.15, 0.2) is 86.2 Å². The van der Waals surface area contributed by atoms with E-state index in [1.807, 2.05) is 0 Å². The molecule has 0 atom stereocenters. The molecule has 5 rings (SSSR count). The molecule has 2 aliphatic rings. The van der Waals surface area contributed by atoms with Crippen LogP contribution in [0, 0.1) is 11.6 Å². The number of furan rings is 1. The van der Waals surface area contributed by atoms with Crippen molar-refractivity contribution < 1.29 is 17.6 Å². The summed E-state index contributed by atoms with van der Waals surface area (Å²) in [6, 6.07) is 14.8. The van der Waals surface area contributed by atoms with Gasteiger partial charge in [-0.05, 0) is 54.5 Å². The van der Waals surface area contributed by atoms with Gasteiger partial charge in [0, 0.05) is 16.7 Å². The Morgan fingerprint density at radius 1 is 1.08 bits per heavy atom. The summed E-state index contributed by atoms with van der Waals surface area (Å²) in [6.07, 6.45) is 3.25. The highest BCUT2D eigenvalue weighted by Crippen LogP contribution is 2.40. The van der Waals surface area contributed by atoms with E-state index in [1.165, 1.54) is 23.1 Å². The van der Waals surface area contributed by atoms with E-state index in [-0.39, 0.29) is 34.0 Å². The van der Waals surface area contributed by atoms with Crippen LogP contribution >= 0.6 is 11.8 Å². The smallest absolute Gasteiger partial charge is 0.278 e. The number of H-pyrrole nitrogens is 1. The monoisotopic (exact) mass is 565 g/mol. The number of aromatic amines is 1. The van der Waals surface area contributed by atoms with Crippen LogP contribution in [0.2, 0.25) is 18.1 Å². The molecule has 10 heteroatoms. The number of nitrogens with zero attached hydrogens (tertiary/aromatic N) is 2. The van der Waals surface area contributed by atoms with Gasteiger partial charge in [0.15, 0.2) is 11.6 Å². The molecule has 202 valence electrons. The van der Waals surface area contributed by atoms with Gasteiger partial charge < -0.3 is 13.8 Å². The van der Waals surface area contributed by atoms with Gasteiger partial charge in [0.1, 0.15) is 28.0 Å². The summed E-state index contributed by atoms with van der Waals surface area (Å²) in [5, 5.41) is 0.276. The standard InChI is InChI=1S/C29H29F2N3O3SSi/c1-29(2,3)39(4,5)37-23-13-8-11-19(25(23)31)22-17-34-26(27(33-22)38-24-14-7-6-12-20(24)30)32-21(28(34)35)16-18-10-9-15-36-18/h6-15,17,33H,16H2,1-5H3. The van der Waals surface area contributed by atoms with Gasteiger partial charge in [0.05, 0.1) is 18.4 Å². The first kappa shape index (κ1) is 27.0. The molecule has 0 bridgehead atoms. The number of rotatable bonds is 7. The summed E-state index contributed by atoms with van der Waals surface area (Å²) in [5.74, 6) is 0.0998. The van der Waals surface area contributed by atoms with E-state index in [1.54, 1.807) is 48.5 Å².